The van der Waals surface area contributed by atoms with E-state index in [1.807, 2.05) is 13.8 Å². The number of rotatable bonds is 7. The molecule has 0 rings (SSSR count). The summed E-state index contributed by atoms with van der Waals surface area (Å²) < 4.78 is 31.7. The molecule has 2 atom stereocenters. The summed E-state index contributed by atoms with van der Waals surface area (Å²) >= 11 is 0. The maximum absolute atomic E-state index is 10.8. The Kier molecular flexibility index (Phi) is 6.19. The zero-order chi connectivity index (χ0) is 12.1. The van der Waals surface area contributed by atoms with Crippen molar-refractivity contribution in [2.45, 2.75) is 31.9 Å². The van der Waals surface area contributed by atoms with E-state index < -0.39 is 21.4 Å². The van der Waals surface area contributed by atoms with Crippen molar-refractivity contribution in [3.8, 4) is 0 Å². The second-order valence-corrected chi connectivity index (χ2v) is 5.51. The number of aliphatic hydroxyl groups excluding tert-OH is 2. The maximum atomic E-state index is 10.8. The molecule has 15 heavy (non-hydrogen) atoms. The Hall–Kier alpha value is -0.305. The SMILES string of the molecule is CC(C)CCNC(O)C(O)S(=O)(=O)B=O. The van der Waals surface area contributed by atoms with Crippen molar-refractivity contribution in [3.05, 3.63) is 0 Å². The molecule has 0 aromatic carbocycles. The molecule has 0 fully saturated rings. The fourth-order valence-corrected chi connectivity index (χ4v) is 1.43. The van der Waals surface area contributed by atoms with Crippen molar-refractivity contribution in [2.75, 3.05) is 6.54 Å². The van der Waals surface area contributed by atoms with Crippen molar-refractivity contribution >= 4 is 16.1 Å². The summed E-state index contributed by atoms with van der Waals surface area (Å²) in [7, 11) is -4.29. The molecule has 3 N–H and O–H groups in total. The summed E-state index contributed by atoms with van der Waals surface area (Å²) in [5.74, 6) is 0.393. The van der Waals surface area contributed by atoms with Gasteiger partial charge in [-0.1, -0.05) is 0 Å². The molecule has 0 saturated carbocycles. The van der Waals surface area contributed by atoms with Gasteiger partial charge in [0.2, 0.25) is 0 Å². The van der Waals surface area contributed by atoms with Crippen molar-refractivity contribution < 1.29 is 23.3 Å². The van der Waals surface area contributed by atoms with Gasteiger partial charge in [-0.2, -0.15) is 0 Å². The van der Waals surface area contributed by atoms with Gasteiger partial charge in [-0.05, 0) is 0 Å². The molecule has 0 amide bonds. The van der Waals surface area contributed by atoms with E-state index in [1.54, 1.807) is 0 Å². The van der Waals surface area contributed by atoms with Crippen LogP contribution in [0.2, 0.25) is 0 Å². The first-order chi connectivity index (χ1) is 6.81. The van der Waals surface area contributed by atoms with Gasteiger partial charge in [0.05, 0.1) is 0 Å². The van der Waals surface area contributed by atoms with Crippen LogP contribution in [0.1, 0.15) is 20.3 Å². The average molecular weight is 237 g/mol. The van der Waals surface area contributed by atoms with Crippen LogP contribution >= 0.6 is 0 Å². The minimum atomic E-state index is -4.29. The molecule has 0 aromatic rings. The standard InChI is InChI=1S/C7H16BNO5S/c1-5(2)3-4-9-6(10)7(11)15(13,14)8-12/h5-7,9-11H,3-4H2,1-2H3. The molecule has 0 aliphatic heterocycles. The Morgan fingerprint density at radius 2 is 1.87 bits per heavy atom. The van der Waals surface area contributed by atoms with E-state index in [1.165, 1.54) is 0 Å². The van der Waals surface area contributed by atoms with Crippen LogP contribution in [0.5, 0.6) is 0 Å². The molecule has 88 valence electrons. The number of aliphatic hydroxyl groups is 2. The number of hydrogen-bond acceptors (Lipinski definition) is 6. The molecule has 0 heterocycles. The predicted octanol–water partition coefficient (Wildman–Crippen LogP) is -1.36. The molecule has 0 radical (unpaired) electrons. The fourth-order valence-electron chi connectivity index (χ4n) is 0.857. The zero-order valence-electron chi connectivity index (χ0n) is 8.75. The molecular weight excluding hydrogens is 221 g/mol. The van der Waals surface area contributed by atoms with Gasteiger partial charge < -0.3 is 0 Å². The van der Waals surface area contributed by atoms with Crippen molar-refractivity contribution in [1.82, 2.24) is 5.32 Å². The van der Waals surface area contributed by atoms with Gasteiger partial charge in [-0.15, -0.1) is 0 Å². The summed E-state index contributed by atoms with van der Waals surface area (Å²) in [6.45, 7) is 4.30. The zero-order valence-corrected chi connectivity index (χ0v) is 9.57. The van der Waals surface area contributed by atoms with Gasteiger partial charge in [-0.25, -0.2) is 0 Å². The van der Waals surface area contributed by atoms with Gasteiger partial charge in [-0.3, -0.25) is 0 Å². The van der Waals surface area contributed by atoms with E-state index in [-0.39, 0.29) is 6.43 Å². The molecule has 8 heteroatoms. The van der Waals surface area contributed by atoms with E-state index in [0.29, 0.717) is 12.5 Å². The van der Waals surface area contributed by atoms with Crippen molar-refractivity contribution in [2.24, 2.45) is 5.92 Å². The molecular formula is C7H16BNO5S. The Balaban J connectivity index is 4.11. The summed E-state index contributed by atoms with van der Waals surface area (Å²) in [4.78, 5) is 0. The van der Waals surface area contributed by atoms with Gasteiger partial charge in [0.1, 0.15) is 0 Å². The second-order valence-electron chi connectivity index (χ2n) is 3.66. The topological polar surface area (TPSA) is 104 Å². The normalized spacial score (nSPS) is 16.1. The van der Waals surface area contributed by atoms with E-state index >= 15 is 0 Å². The van der Waals surface area contributed by atoms with Gasteiger partial charge in [0.25, 0.3) is 0 Å². The molecule has 0 saturated heterocycles. The van der Waals surface area contributed by atoms with Crippen LogP contribution in [0, 0.1) is 5.92 Å². The first kappa shape index (κ1) is 14.7. The quantitative estimate of drug-likeness (QED) is 0.373. The number of hydrogen-bond donors (Lipinski definition) is 3. The molecule has 0 aliphatic carbocycles. The van der Waals surface area contributed by atoms with Gasteiger partial charge >= 0.3 is 89.2 Å². The van der Waals surface area contributed by atoms with E-state index in [9.17, 15) is 18.2 Å². The summed E-state index contributed by atoms with van der Waals surface area (Å²) in [6.07, 6.45) is -1.28. The Bertz CT molecular complexity index is 292. The Labute approximate surface area is 89.8 Å². The third-order valence-electron chi connectivity index (χ3n) is 1.82. The molecule has 2 unspecified atom stereocenters. The first-order valence-corrected chi connectivity index (χ1v) is 6.20. The van der Waals surface area contributed by atoms with Crippen LogP contribution in [0.15, 0.2) is 0 Å². The third kappa shape index (κ3) is 5.36. The van der Waals surface area contributed by atoms with Crippen molar-refractivity contribution in [1.29, 1.82) is 0 Å². The van der Waals surface area contributed by atoms with E-state index in [4.69, 9.17) is 5.11 Å². The van der Waals surface area contributed by atoms with Crippen LogP contribution in [0.25, 0.3) is 0 Å². The third-order valence-corrected chi connectivity index (χ3v) is 3.02. The molecule has 0 aliphatic rings. The van der Waals surface area contributed by atoms with Crippen molar-refractivity contribution in [3.63, 3.8) is 0 Å². The monoisotopic (exact) mass is 237 g/mol. The second kappa shape index (κ2) is 6.31. The van der Waals surface area contributed by atoms with E-state index in [2.05, 4.69) is 5.32 Å². The minimum absolute atomic E-state index is 0.365. The molecule has 6 nitrogen and oxygen atoms in total. The Morgan fingerprint density at radius 3 is 2.27 bits per heavy atom. The van der Waals surface area contributed by atoms with Gasteiger partial charge in [0, 0.05) is 0 Å². The van der Waals surface area contributed by atoms with Crippen LogP contribution in [-0.2, 0) is 14.4 Å². The molecule has 0 aromatic heterocycles. The van der Waals surface area contributed by atoms with E-state index in [0.717, 1.165) is 6.42 Å². The van der Waals surface area contributed by atoms with Gasteiger partial charge in [0.15, 0.2) is 0 Å². The van der Waals surface area contributed by atoms with Crippen LogP contribution < -0.4 is 5.32 Å². The number of nitrogens with one attached hydrogen (secondary N) is 1. The summed E-state index contributed by atoms with van der Waals surface area (Å²) in [5, 5.41) is 20.7. The Morgan fingerprint density at radius 1 is 1.33 bits per heavy atom. The van der Waals surface area contributed by atoms with Crippen LogP contribution in [-0.4, -0.2) is 43.3 Å². The molecule has 0 spiro atoms. The van der Waals surface area contributed by atoms with Crippen LogP contribution in [0.4, 0.5) is 0 Å². The first-order valence-electron chi connectivity index (χ1n) is 4.60. The predicted molar refractivity (Wildman–Crippen MR) is 54.8 cm³/mol. The summed E-state index contributed by atoms with van der Waals surface area (Å²) in [5.41, 5.74) is -2.11. The summed E-state index contributed by atoms with van der Waals surface area (Å²) in [6, 6.07) is 0. The average Bonchev–Trinajstić information content (AvgIpc) is 2.15. The fraction of sp³-hybridized carbons (Fsp3) is 1.00. The molecule has 0 bridgehead atoms. The van der Waals surface area contributed by atoms with Crippen LogP contribution in [0.3, 0.4) is 0 Å².